The van der Waals surface area contributed by atoms with Crippen molar-refractivity contribution in [3.63, 3.8) is 0 Å². The van der Waals surface area contributed by atoms with Crippen LogP contribution in [0.1, 0.15) is 46.0 Å². The summed E-state index contributed by atoms with van der Waals surface area (Å²) in [6.45, 7) is 5.01. The predicted molar refractivity (Wildman–Crippen MR) is 59.6 cm³/mol. The van der Waals surface area contributed by atoms with Crippen LogP contribution in [0, 0.1) is 0 Å². The quantitative estimate of drug-likeness (QED) is 0.666. The minimum atomic E-state index is -0.317. The van der Waals surface area contributed by atoms with E-state index in [1.165, 1.54) is 6.42 Å². The number of nitrogens with zero attached hydrogens (tertiary/aromatic N) is 1. The monoisotopic (exact) mass is 217 g/mol. The topological polar surface area (TPSA) is 20.3 Å². The van der Waals surface area contributed by atoms with Crippen LogP contribution in [-0.4, -0.2) is 28.8 Å². The zero-order chi connectivity index (χ0) is 10.6. The number of rotatable bonds is 3. The lowest BCUT2D eigenvalue weighted by atomic mass is 9.99. The third kappa shape index (κ3) is 2.63. The van der Waals surface area contributed by atoms with Crippen molar-refractivity contribution < 1.29 is 4.79 Å². The molecular formula is C11H20ClNO. The summed E-state index contributed by atoms with van der Waals surface area (Å²) in [5.74, 6) is 0.140. The van der Waals surface area contributed by atoms with Crippen molar-refractivity contribution in [1.82, 2.24) is 4.90 Å². The molecular weight excluding hydrogens is 198 g/mol. The Labute approximate surface area is 91.6 Å². The molecule has 1 amide bonds. The molecule has 0 radical (unpaired) electrons. The number of likely N-dealkylation sites (tertiary alicyclic amines) is 1. The van der Waals surface area contributed by atoms with Gasteiger partial charge in [-0.1, -0.05) is 13.8 Å². The SMILES string of the molecule is CC[C@@H]1CCCCN1C(=O)[C@H](Cl)CC. The van der Waals surface area contributed by atoms with Crippen LogP contribution < -0.4 is 0 Å². The Morgan fingerprint density at radius 2 is 2.21 bits per heavy atom. The molecule has 2 atom stereocenters. The van der Waals surface area contributed by atoms with Gasteiger partial charge in [-0.05, 0) is 32.1 Å². The first-order chi connectivity index (χ1) is 6.70. The lowest BCUT2D eigenvalue weighted by Crippen LogP contribution is -2.46. The van der Waals surface area contributed by atoms with Gasteiger partial charge in [-0.15, -0.1) is 11.6 Å². The maximum atomic E-state index is 11.9. The number of alkyl halides is 1. The third-order valence-corrected chi connectivity index (χ3v) is 3.50. The Hall–Kier alpha value is -0.240. The van der Waals surface area contributed by atoms with E-state index in [9.17, 15) is 4.79 Å². The van der Waals surface area contributed by atoms with Crippen LogP contribution in [0.4, 0.5) is 0 Å². The molecule has 82 valence electrons. The van der Waals surface area contributed by atoms with Crippen LogP contribution in [0.5, 0.6) is 0 Å². The molecule has 1 aliphatic rings. The Morgan fingerprint density at radius 1 is 1.50 bits per heavy atom. The van der Waals surface area contributed by atoms with Gasteiger partial charge in [0.15, 0.2) is 0 Å². The smallest absolute Gasteiger partial charge is 0.240 e. The van der Waals surface area contributed by atoms with Crippen LogP contribution >= 0.6 is 11.6 Å². The maximum absolute atomic E-state index is 11.9. The highest BCUT2D eigenvalue weighted by Crippen LogP contribution is 2.21. The normalized spacial score (nSPS) is 24.8. The van der Waals surface area contributed by atoms with Crippen molar-refractivity contribution in [3.05, 3.63) is 0 Å². The van der Waals surface area contributed by atoms with Crippen molar-refractivity contribution in [2.45, 2.75) is 57.4 Å². The summed E-state index contributed by atoms with van der Waals surface area (Å²) in [6, 6.07) is 0.434. The molecule has 14 heavy (non-hydrogen) atoms. The van der Waals surface area contributed by atoms with E-state index in [2.05, 4.69) is 6.92 Å². The van der Waals surface area contributed by atoms with Crippen molar-refractivity contribution in [2.75, 3.05) is 6.54 Å². The molecule has 0 aromatic carbocycles. The molecule has 0 unspecified atom stereocenters. The lowest BCUT2D eigenvalue weighted by Gasteiger charge is -2.36. The number of piperidine rings is 1. The Balaban J connectivity index is 2.58. The highest BCUT2D eigenvalue weighted by molar-refractivity contribution is 6.30. The van der Waals surface area contributed by atoms with Crippen molar-refractivity contribution in [3.8, 4) is 0 Å². The first kappa shape index (κ1) is 11.8. The van der Waals surface area contributed by atoms with E-state index < -0.39 is 0 Å². The van der Waals surface area contributed by atoms with Gasteiger partial charge >= 0.3 is 0 Å². The largest absolute Gasteiger partial charge is 0.338 e. The predicted octanol–water partition coefficient (Wildman–Crippen LogP) is 2.79. The molecule has 0 N–H and O–H groups in total. The van der Waals surface area contributed by atoms with E-state index in [0.717, 1.165) is 32.2 Å². The number of hydrogen-bond donors (Lipinski definition) is 0. The minimum Gasteiger partial charge on any atom is -0.338 e. The highest BCUT2D eigenvalue weighted by Gasteiger charge is 2.28. The van der Waals surface area contributed by atoms with Crippen molar-refractivity contribution >= 4 is 17.5 Å². The van der Waals surface area contributed by atoms with Gasteiger partial charge in [0.1, 0.15) is 5.38 Å². The van der Waals surface area contributed by atoms with E-state index in [-0.39, 0.29) is 11.3 Å². The summed E-state index contributed by atoms with van der Waals surface area (Å²) in [5, 5.41) is -0.317. The van der Waals surface area contributed by atoms with E-state index in [4.69, 9.17) is 11.6 Å². The number of amides is 1. The molecule has 1 heterocycles. The Morgan fingerprint density at radius 3 is 2.79 bits per heavy atom. The molecule has 1 saturated heterocycles. The van der Waals surface area contributed by atoms with Crippen LogP contribution in [-0.2, 0) is 4.79 Å². The van der Waals surface area contributed by atoms with Gasteiger partial charge in [0.05, 0.1) is 0 Å². The fourth-order valence-electron chi connectivity index (χ4n) is 2.07. The van der Waals surface area contributed by atoms with Gasteiger partial charge in [0.2, 0.25) is 5.91 Å². The number of carbonyl (C=O) groups is 1. The number of carbonyl (C=O) groups excluding carboxylic acids is 1. The second-order valence-corrected chi connectivity index (χ2v) is 4.49. The standard InChI is InChI=1S/C11H20ClNO/c1-3-9-7-5-6-8-13(9)11(14)10(12)4-2/h9-10H,3-8H2,1-2H3/t9-,10-/m1/s1. The van der Waals surface area contributed by atoms with Crippen LogP contribution in [0.3, 0.4) is 0 Å². The summed E-state index contributed by atoms with van der Waals surface area (Å²) < 4.78 is 0. The molecule has 0 aromatic rings. The summed E-state index contributed by atoms with van der Waals surface area (Å²) >= 11 is 5.98. The zero-order valence-corrected chi connectivity index (χ0v) is 9.89. The van der Waals surface area contributed by atoms with Gasteiger partial charge < -0.3 is 4.90 Å². The Bertz CT molecular complexity index is 196. The van der Waals surface area contributed by atoms with Crippen LogP contribution in [0.25, 0.3) is 0 Å². The fraction of sp³-hybridized carbons (Fsp3) is 0.909. The molecule has 3 heteroatoms. The summed E-state index contributed by atoms with van der Waals surface area (Å²) in [4.78, 5) is 13.9. The van der Waals surface area contributed by atoms with Gasteiger partial charge in [-0.25, -0.2) is 0 Å². The fourth-order valence-corrected chi connectivity index (χ4v) is 2.20. The summed E-state index contributed by atoms with van der Waals surface area (Å²) in [7, 11) is 0. The molecule has 0 saturated carbocycles. The highest BCUT2D eigenvalue weighted by atomic mass is 35.5. The van der Waals surface area contributed by atoms with Gasteiger partial charge in [-0.2, -0.15) is 0 Å². The first-order valence-corrected chi connectivity index (χ1v) is 6.08. The van der Waals surface area contributed by atoms with Crippen LogP contribution in [0.15, 0.2) is 0 Å². The molecule has 0 spiro atoms. The van der Waals surface area contributed by atoms with Crippen molar-refractivity contribution in [2.24, 2.45) is 0 Å². The van der Waals surface area contributed by atoms with Gasteiger partial charge in [0, 0.05) is 12.6 Å². The lowest BCUT2D eigenvalue weighted by molar-refractivity contribution is -0.134. The van der Waals surface area contributed by atoms with E-state index >= 15 is 0 Å². The molecule has 1 rings (SSSR count). The first-order valence-electron chi connectivity index (χ1n) is 5.65. The molecule has 2 nitrogen and oxygen atoms in total. The molecule has 0 aromatic heterocycles. The molecule has 0 bridgehead atoms. The number of hydrogen-bond acceptors (Lipinski definition) is 1. The Kier molecular flexibility index (Phi) is 4.73. The molecule has 0 aliphatic carbocycles. The van der Waals surface area contributed by atoms with Gasteiger partial charge in [0.25, 0.3) is 0 Å². The van der Waals surface area contributed by atoms with Crippen LogP contribution in [0.2, 0.25) is 0 Å². The average molecular weight is 218 g/mol. The number of halogens is 1. The average Bonchev–Trinajstić information content (AvgIpc) is 2.26. The van der Waals surface area contributed by atoms with E-state index in [1.54, 1.807) is 0 Å². The van der Waals surface area contributed by atoms with E-state index in [0.29, 0.717) is 6.04 Å². The van der Waals surface area contributed by atoms with E-state index in [1.807, 2.05) is 11.8 Å². The summed E-state index contributed by atoms with van der Waals surface area (Å²) in [6.07, 6.45) is 5.32. The maximum Gasteiger partial charge on any atom is 0.240 e. The van der Waals surface area contributed by atoms with Crippen molar-refractivity contribution in [1.29, 1.82) is 0 Å². The zero-order valence-electron chi connectivity index (χ0n) is 9.13. The second kappa shape index (κ2) is 5.59. The molecule has 1 aliphatic heterocycles. The second-order valence-electron chi connectivity index (χ2n) is 3.97. The third-order valence-electron chi connectivity index (χ3n) is 3.01. The summed E-state index contributed by atoms with van der Waals surface area (Å²) in [5.41, 5.74) is 0. The minimum absolute atomic E-state index is 0.140. The molecule has 1 fully saturated rings. The van der Waals surface area contributed by atoms with Gasteiger partial charge in [-0.3, -0.25) is 4.79 Å².